The molecule has 3 aromatic rings. The highest BCUT2D eigenvalue weighted by Gasteiger charge is 2.25. The normalized spacial score (nSPS) is 11.8. The maximum atomic E-state index is 13.3. The molecule has 0 aliphatic heterocycles. The van der Waals surface area contributed by atoms with Crippen molar-refractivity contribution in [1.29, 1.82) is 0 Å². The number of aromatic nitrogens is 2. The SMILES string of the molecule is Cc1ccc(-c2nnc(NC(=O)C(NC(=O)Nc3ccc(F)c(F)c3)C(C)C)s2)cc1. The first-order chi connectivity index (χ1) is 14.7. The molecule has 0 bridgehead atoms. The Morgan fingerprint density at radius 3 is 2.32 bits per heavy atom. The summed E-state index contributed by atoms with van der Waals surface area (Å²) in [6, 6.07) is 9.11. The zero-order valence-electron chi connectivity index (χ0n) is 17.1. The molecule has 0 aliphatic carbocycles. The lowest BCUT2D eigenvalue weighted by atomic mass is 10.0. The minimum Gasteiger partial charge on any atom is -0.326 e. The molecule has 2 aromatic carbocycles. The maximum Gasteiger partial charge on any atom is 0.319 e. The number of nitrogens with zero attached hydrogens (tertiary/aromatic N) is 2. The third kappa shape index (κ3) is 5.82. The highest BCUT2D eigenvalue weighted by Crippen LogP contribution is 2.26. The van der Waals surface area contributed by atoms with Gasteiger partial charge in [-0.3, -0.25) is 10.1 Å². The number of hydrogen-bond donors (Lipinski definition) is 3. The number of hydrogen-bond acceptors (Lipinski definition) is 5. The van der Waals surface area contributed by atoms with Crippen LogP contribution in [0.1, 0.15) is 19.4 Å². The van der Waals surface area contributed by atoms with Crippen molar-refractivity contribution in [3.8, 4) is 10.6 Å². The van der Waals surface area contributed by atoms with E-state index in [1.807, 2.05) is 31.2 Å². The molecule has 0 radical (unpaired) electrons. The van der Waals surface area contributed by atoms with Crippen LogP contribution in [-0.4, -0.2) is 28.2 Å². The first kappa shape index (κ1) is 22.3. The standard InChI is InChI=1S/C21H21F2N5O2S/c1-11(2)17(25-20(30)24-14-8-9-15(22)16(23)10-14)18(29)26-21-28-27-19(31-21)13-6-4-12(3)5-7-13/h4-11,17H,1-3H3,(H2,24,25,30)(H,26,28,29). The average Bonchev–Trinajstić information content (AvgIpc) is 3.17. The number of rotatable bonds is 6. The molecule has 1 atom stereocenters. The number of urea groups is 1. The van der Waals surface area contributed by atoms with E-state index >= 15 is 0 Å². The number of halogens is 2. The molecular formula is C21H21F2N5O2S. The molecule has 3 N–H and O–H groups in total. The molecule has 0 aliphatic rings. The Bertz CT molecular complexity index is 1090. The van der Waals surface area contributed by atoms with E-state index in [1.54, 1.807) is 13.8 Å². The Morgan fingerprint density at radius 2 is 1.68 bits per heavy atom. The van der Waals surface area contributed by atoms with Gasteiger partial charge in [-0.2, -0.15) is 0 Å². The molecule has 1 aromatic heterocycles. The van der Waals surface area contributed by atoms with Crippen molar-refractivity contribution >= 4 is 34.1 Å². The molecule has 1 heterocycles. The average molecular weight is 445 g/mol. The molecule has 3 rings (SSSR count). The van der Waals surface area contributed by atoms with Crippen LogP contribution >= 0.6 is 11.3 Å². The second-order valence-electron chi connectivity index (χ2n) is 7.22. The number of carbonyl (C=O) groups is 2. The van der Waals surface area contributed by atoms with Crippen molar-refractivity contribution in [3.05, 3.63) is 59.7 Å². The monoisotopic (exact) mass is 445 g/mol. The van der Waals surface area contributed by atoms with Crippen molar-refractivity contribution in [2.75, 3.05) is 10.6 Å². The fourth-order valence-electron chi connectivity index (χ4n) is 2.69. The number of carbonyl (C=O) groups excluding carboxylic acids is 2. The van der Waals surface area contributed by atoms with Gasteiger partial charge in [-0.15, -0.1) is 10.2 Å². The Morgan fingerprint density at radius 1 is 0.968 bits per heavy atom. The zero-order chi connectivity index (χ0) is 22.5. The number of benzene rings is 2. The van der Waals surface area contributed by atoms with E-state index in [0.29, 0.717) is 10.1 Å². The highest BCUT2D eigenvalue weighted by molar-refractivity contribution is 7.18. The molecule has 7 nitrogen and oxygen atoms in total. The Balaban J connectivity index is 1.64. The molecule has 0 saturated heterocycles. The van der Waals surface area contributed by atoms with Crippen molar-refractivity contribution in [2.45, 2.75) is 26.8 Å². The zero-order valence-corrected chi connectivity index (χ0v) is 17.9. The molecule has 3 amide bonds. The topological polar surface area (TPSA) is 96.0 Å². The van der Waals surface area contributed by atoms with Gasteiger partial charge in [0.05, 0.1) is 0 Å². The van der Waals surface area contributed by atoms with Crippen molar-refractivity contribution in [1.82, 2.24) is 15.5 Å². The summed E-state index contributed by atoms with van der Waals surface area (Å²) in [7, 11) is 0. The lowest BCUT2D eigenvalue weighted by Crippen LogP contribution is -2.48. The van der Waals surface area contributed by atoms with Crippen LogP contribution in [0.5, 0.6) is 0 Å². The molecule has 10 heteroatoms. The maximum absolute atomic E-state index is 13.3. The number of nitrogens with one attached hydrogen (secondary N) is 3. The fraction of sp³-hybridized carbons (Fsp3) is 0.238. The van der Waals surface area contributed by atoms with E-state index in [0.717, 1.165) is 23.3 Å². The highest BCUT2D eigenvalue weighted by atomic mass is 32.1. The molecule has 1 unspecified atom stereocenters. The molecule has 0 saturated carbocycles. The van der Waals surface area contributed by atoms with Gasteiger partial charge in [-0.1, -0.05) is 55.0 Å². The van der Waals surface area contributed by atoms with Gasteiger partial charge in [0.25, 0.3) is 0 Å². The molecule has 0 spiro atoms. The van der Waals surface area contributed by atoms with Gasteiger partial charge in [0.15, 0.2) is 11.6 Å². The summed E-state index contributed by atoms with van der Waals surface area (Å²) < 4.78 is 26.3. The van der Waals surface area contributed by atoms with Gasteiger partial charge < -0.3 is 10.6 Å². The summed E-state index contributed by atoms with van der Waals surface area (Å²) in [5.74, 6) is -2.83. The van der Waals surface area contributed by atoms with Crippen molar-refractivity contribution < 1.29 is 18.4 Å². The summed E-state index contributed by atoms with van der Waals surface area (Å²) in [6.45, 7) is 5.51. The first-order valence-electron chi connectivity index (χ1n) is 9.47. The van der Waals surface area contributed by atoms with Gasteiger partial charge in [0.1, 0.15) is 11.0 Å². The largest absolute Gasteiger partial charge is 0.326 e. The van der Waals surface area contributed by atoms with E-state index < -0.39 is 29.6 Å². The third-order valence-corrected chi connectivity index (χ3v) is 5.25. The Hall–Kier alpha value is -3.40. The van der Waals surface area contributed by atoms with E-state index in [-0.39, 0.29) is 11.6 Å². The van der Waals surface area contributed by atoms with Gasteiger partial charge in [-0.25, -0.2) is 13.6 Å². The van der Waals surface area contributed by atoms with Crippen molar-refractivity contribution in [2.24, 2.45) is 5.92 Å². The summed E-state index contributed by atoms with van der Waals surface area (Å²) in [4.78, 5) is 25.0. The minimum absolute atomic E-state index is 0.0613. The molecule has 31 heavy (non-hydrogen) atoms. The number of anilines is 2. The fourth-order valence-corrected chi connectivity index (χ4v) is 3.44. The molecule has 162 valence electrons. The Labute approximate surface area is 181 Å². The summed E-state index contributed by atoms with van der Waals surface area (Å²) in [6.07, 6.45) is 0. The van der Waals surface area contributed by atoms with Crippen molar-refractivity contribution in [3.63, 3.8) is 0 Å². The Kier molecular flexibility index (Phi) is 6.91. The number of amides is 3. The summed E-state index contributed by atoms with van der Waals surface area (Å²) in [5, 5.41) is 16.6. The smallest absolute Gasteiger partial charge is 0.319 e. The quantitative estimate of drug-likeness (QED) is 0.518. The van der Waals surface area contributed by atoms with E-state index in [2.05, 4.69) is 26.1 Å². The van der Waals surface area contributed by atoms with Crippen LogP contribution < -0.4 is 16.0 Å². The van der Waals surface area contributed by atoms with Crippen LogP contribution in [0.25, 0.3) is 10.6 Å². The van der Waals surface area contributed by atoms with Gasteiger partial charge in [0.2, 0.25) is 11.0 Å². The second-order valence-corrected chi connectivity index (χ2v) is 8.19. The van der Waals surface area contributed by atoms with Crippen LogP contribution in [0, 0.1) is 24.5 Å². The lowest BCUT2D eigenvalue weighted by Gasteiger charge is -2.21. The van der Waals surface area contributed by atoms with Crippen LogP contribution in [0.15, 0.2) is 42.5 Å². The van der Waals surface area contributed by atoms with Crippen LogP contribution in [0.4, 0.5) is 24.4 Å². The van der Waals surface area contributed by atoms with Gasteiger partial charge in [-0.05, 0) is 25.0 Å². The minimum atomic E-state index is -1.09. The van der Waals surface area contributed by atoms with Crippen LogP contribution in [-0.2, 0) is 4.79 Å². The van der Waals surface area contributed by atoms with E-state index in [9.17, 15) is 18.4 Å². The third-order valence-electron chi connectivity index (χ3n) is 4.37. The predicted octanol–water partition coefficient (Wildman–Crippen LogP) is 4.58. The van der Waals surface area contributed by atoms with E-state index in [1.165, 1.54) is 17.4 Å². The van der Waals surface area contributed by atoms with Gasteiger partial charge >= 0.3 is 6.03 Å². The summed E-state index contributed by atoms with van der Waals surface area (Å²) in [5.41, 5.74) is 2.06. The molecular weight excluding hydrogens is 424 g/mol. The van der Waals surface area contributed by atoms with E-state index in [4.69, 9.17) is 0 Å². The predicted molar refractivity (Wildman–Crippen MR) is 116 cm³/mol. The number of aryl methyl sites for hydroxylation is 1. The summed E-state index contributed by atoms with van der Waals surface area (Å²) >= 11 is 1.21. The van der Waals surface area contributed by atoms with Crippen LogP contribution in [0.3, 0.4) is 0 Å². The lowest BCUT2D eigenvalue weighted by molar-refractivity contribution is -0.118. The first-order valence-corrected chi connectivity index (χ1v) is 10.3. The van der Waals surface area contributed by atoms with Gasteiger partial charge in [0, 0.05) is 17.3 Å². The van der Waals surface area contributed by atoms with Crippen LogP contribution in [0.2, 0.25) is 0 Å². The molecule has 0 fully saturated rings. The second kappa shape index (κ2) is 9.61.